The third-order valence-corrected chi connectivity index (χ3v) is 3.07. The molecule has 0 bridgehead atoms. The number of carbonyl (C=O) groups excluding carboxylic acids is 1. The van der Waals surface area contributed by atoms with Gasteiger partial charge in [0.15, 0.2) is 6.29 Å². The lowest BCUT2D eigenvalue weighted by Gasteiger charge is -2.06. The van der Waals surface area contributed by atoms with E-state index in [9.17, 15) is 9.18 Å². The number of nitrogens with zero attached hydrogens (tertiary/aromatic N) is 2. The smallest absolute Gasteiger partial charge is 0.155 e. The summed E-state index contributed by atoms with van der Waals surface area (Å²) in [5.41, 5.74) is 0.454. The fraction of sp³-hybridized carbons (Fsp3) is 0. The van der Waals surface area contributed by atoms with Gasteiger partial charge in [0, 0.05) is 5.56 Å². The molecule has 0 unspecified atom stereocenters. The molecule has 0 N–H and O–H groups in total. The van der Waals surface area contributed by atoms with Gasteiger partial charge in [0.25, 0.3) is 0 Å². The van der Waals surface area contributed by atoms with Gasteiger partial charge in [0.2, 0.25) is 0 Å². The molecule has 3 nitrogen and oxygen atoms in total. The number of rotatable bonds is 2. The molecule has 2 rings (SSSR count). The molecule has 0 atom stereocenters. The van der Waals surface area contributed by atoms with Crippen LogP contribution >= 0.6 is 27.5 Å². The Balaban J connectivity index is 2.73. The maximum absolute atomic E-state index is 13.9. The van der Waals surface area contributed by atoms with Crippen molar-refractivity contribution in [2.75, 3.05) is 0 Å². The standard InChI is InChI=1S/C11H5BrClFN2O/c12-8-3-1-2-6(9(8)14)10-7(4-17)11(13)16-5-15-10/h1-5H. The topological polar surface area (TPSA) is 42.9 Å². The van der Waals surface area contributed by atoms with E-state index in [1.807, 2.05) is 0 Å². The first-order valence-corrected chi connectivity index (χ1v) is 5.72. The van der Waals surface area contributed by atoms with Gasteiger partial charge < -0.3 is 0 Å². The summed E-state index contributed by atoms with van der Waals surface area (Å²) in [6.07, 6.45) is 1.70. The second-order valence-electron chi connectivity index (χ2n) is 3.15. The first-order chi connectivity index (χ1) is 8.15. The molecule has 0 saturated heterocycles. The molecule has 6 heteroatoms. The average Bonchev–Trinajstić information content (AvgIpc) is 2.32. The van der Waals surface area contributed by atoms with Crippen molar-refractivity contribution >= 4 is 33.8 Å². The highest BCUT2D eigenvalue weighted by molar-refractivity contribution is 9.10. The summed E-state index contributed by atoms with van der Waals surface area (Å²) >= 11 is 8.82. The fourth-order valence-corrected chi connectivity index (χ4v) is 1.92. The van der Waals surface area contributed by atoms with Crippen molar-refractivity contribution in [2.45, 2.75) is 0 Å². The van der Waals surface area contributed by atoms with Gasteiger partial charge in [0.05, 0.1) is 15.7 Å². The number of carbonyl (C=O) groups is 1. The quantitative estimate of drug-likeness (QED) is 0.629. The molecule has 0 amide bonds. The number of hydrogen-bond donors (Lipinski definition) is 0. The molecule has 0 radical (unpaired) electrons. The van der Waals surface area contributed by atoms with Gasteiger partial charge in [-0.25, -0.2) is 14.4 Å². The molecule has 0 aliphatic rings. The summed E-state index contributed by atoms with van der Waals surface area (Å²) in [6.45, 7) is 0. The lowest BCUT2D eigenvalue weighted by atomic mass is 10.1. The number of aromatic nitrogens is 2. The minimum atomic E-state index is -0.495. The van der Waals surface area contributed by atoms with E-state index in [1.54, 1.807) is 12.1 Å². The Morgan fingerprint density at radius 3 is 2.82 bits per heavy atom. The van der Waals surface area contributed by atoms with Gasteiger partial charge in [-0.05, 0) is 28.1 Å². The molecular formula is C11H5BrClFN2O. The van der Waals surface area contributed by atoms with E-state index < -0.39 is 5.82 Å². The lowest BCUT2D eigenvalue weighted by Crippen LogP contribution is -1.97. The first-order valence-electron chi connectivity index (χ1n) is 4.55. The van der Waals surface area contributed by atoms with E-state index in [4.69, 9.17) is 11.6 Å². The largest absolute Gasteiger partial charge is 0.298 e. The molecule has 1 heterocycles. The molecule has 0 saturated carbocycles. The Hall–Kier alpha value is -1.33. The molecule has 1 aromatic carbocycles. The van der Waals surface area contributed by atoms with Gasteiger partial charge in [-0.3, -0.25) is 4.79 Å². The summed E-state index contributed by atoms with van der Waals surface area (Å²) in [7, 11) is 0. The lowest BCUT2D eigenvalue weighted by molar-refractivity contribution is 0.112. The molecule has 86 valence electrons. The molecular weight excluding hydrogens is 310 g/mol. The number of aldehydes is 1. The number of halogens is 3. The third kappa shape index (κ3) is 2.21. The Bertz CT molecular complexity index is 592. The van der Waals surface area contributed by atoms with Crippen LogP contribution in [0, 0.1) is 5.82 Å². The van der Waals surface area contributed by atoms with Gasteiger partial charge in [-0.2, -0.15) is 0 Å². The van der Waals surface area contributed by atoms with Crippen molar-refractivity contribution < 1.29 is 9.18 Å². The fourth-order valence-electron chi connectivity index (χ4n) is 1.38. The van der Waals surface area contributed by atoms with E-state index in [0.717, 1.165) is 0 Å². The monoisotopic (exact) mass is 314 g/mol. The van der Waals surface area contributed by atoms with Crippen molar-refractivity contribution in [2.24, 2.45) is 0 Å². The van der Waals surface area contributed by atoms with Crippen molar-refractivity contribution in [3.63, 3.8) is 0 Å². The highest BCUT2D eigenvalue weighted by Crippen LogP contribution is 2.29. The van der Waals surface area contributed by atoms with Crippen molar-refractivity contribution in [1.82, 2.24) is 9.97 Å². The van der Waals surface area contributed by atoms with Crippen LogP contribution in [-0.2, 0) is 0 Å². The van der Waals surface area contributed by atoms with E-state index in [2.05, 4.69) is 25.9 Å². The molecule has 0 aliphatic carbocycles. The molecule has 0 aliphatic heterocycles. The van der Waals surface area contributed by atoms with Crippen LogP contribution in [0.2, 0.25) is 5.15 Å². The second-order valence-corrected chi connectivity index (χ2v) is 4.36. The average molecular weight is 316 g/mol. The molecule has 0 fully saturated rings. The molecule has 1 aromatic heterocycles. The van der Waals surface area contributed by atoms with E-state index in [-0.39, 0.29) is 22.0 Å². The Kier molecular flexibility index (Phi) is 3.49. The summed E-state index contributed by atoms with van der Waals surface area (Å²) in [5.74, 6) is -0.495. The van der Waals surface area contributed by atoms with Crippen molar-refractivity contribution in [3.8, 4) is 11.3 Å². The number of benzene rings is 1. The Morgan fingerprint density at radius 1 is 1.35 bits per heavy atom. The van der Waals surface area contributed by atoms with Crippen LogP contribution in [0.5, 0.6) is 0 Å². The van der Waals surface area contributed by atoms with E-state index >= 15 is 0 Å². The first kappa shape index (κ1) is 12.1. The van der Waals surface area contributed by atoms with Crippen LogP contribution in [0.1, 0.15) is 10.4 Å². The third-order valence-electron chi connectivity index (χ3n) is 2.16. The zero-order valence-corrected chi connectivity index (χ0v) is 10.7. The van der Waals surface area contributed by atoms with Gasteiger partial charge in [-0.1, -0.05) is 17.7 Å². The highest BCUT2D eigenvalue weighted by Gasteiger charge is 2.15. The predicted octanol–water partition coefficient (Wildman–Crippen LogP) is 3.51. The summed E-state index contributed by atoms with van der Waals surface area (Å²) in [6, 6.07) is 4.72. The summed E-state index contributed by atoms with van der Waals surface area (Å²) < 4.78 is 14.2. The maximum Gasteiger partial charge on any atom is 0.155 e. The highest BCUT2D eigenvalue weighted by atomic mass is 79.9. The predicted molar refractivity (Wildman–Crippen MR) is 65.5 cm³/mol. The minimum absolute atomic E-state index is 0.00405. The Labute approximate surface area is 110 Å². The normalized spacial score (nSPS) is 10.3. The maximum atomic E-state index is 13.9. The summed E-state index contributed by atoms with van der Waals surface area (Å²) in [4.78, 5) is 18.5. The van der Waals surface area contributed by atoms with Crippen molar-refractivity contribution in [3.05, 3.63) is 45.5 Å². The Morgan fingerprint density at radius 2 is 2.12 bits per heavy atom. The second kappa shape index (κ2) is 4.89. The van der Waals surface area contributed by atoms with Crippen LogP contribution in [0.25, 0.3) is 11.3 Å². The van der Waals surface area contributed by atoms with Crippen molar-refractivity contribution in [1.29, 1.82) is 0 Å². The zero-order valence-electron chi connectivity index (χ0n) is 8.32. The van der Waals surface area contributed by atoms with Crippen LogP contribution in [-0.4, -0.2) is 16.3 Å². The van der Waals surface area contributed by atoms with Crippen LogP contribution in [0.15, 0.2) is 29.0 Å². The van der Waals surface area contributed by atoms with Crippen LogP contribution in [0.4, 0.5) is 4.39 Å². The minimum Gasteiger partial charge on any atom is -0.298 e. The molecule has 2 aromatic rings. The van der Waals surface area contributed by atoms with Gasteiger partial charge in [0.1, 0.15) is 17.3 Å². The molecule has 0 spiro atoms. The summed E-state index contributed by atoms with van der Waals surface area (Å²) in [5, 5.41) is 0.00405. The van der Waals surface area contributed by atoms with E-state index in [0.29, 0.717) is 10.8 Å². The SMILES string of the molecule is O=Cc1c(Cl)ncnc1-c1cccc(Br)c1F. The number of hydrogen-bond acceptors (Lipinski definition) is 3. The van der Waals surface area contributed by atoms with Crippen LogP contribution < -0.4 is 0 Å². The zero-order chi connectivity index (χ0) is 12.4. The van der Waals surface area contributed by atoms with Crippen LogP contribution in [0.3, 0.4) is 0 Å². The van der Waals surface area contributed by atoms with Gasteiger partial charge in [-0.15, -0.1) is 0 Å². The molecule has 17 heavy (non-hydrogen) atoms. The van der Waals surface area contributed by atoms with Gasteiger partial charge >= 0.3 is 0 Å². The van der Waals surface area contributed by atoms with E-state index in [1.165, 1.54) is 12.4 Å².